The van der Waals surface area contributed by atoms with Gasteiger partial charge in [-0.05, 0) is 13.0 Å². The maximum atomic E-state index is 2.08. The lowest BCUT2D eigenvalue weighted by molar-refractivity contribution is -0.575. The predicted molar refractivity (Wildman–Crippen MR) is 42.4 cm³/mol. The van der Waals surface area contributed by atoms with Crippen molar-refractivity contribution in [1.29, 1.82) is 0 Å². The van der Waals surface area contributed by atoms with E-state index in [0.29, 0.717) is 0 Å². The Balaban J connectivity index is 0.000001000. The first kappa shape index (κ1) is 10.2. The maximum Gasteiger partial charge on any atom is 0.183 e. The van der Waals surface area contributed by atoms with Gasteiger partial charge in [-0.25, -0.2) is 0 Å². The molecule has 1 nitrogen and oxygen atoms in total. The van der Waals surface area contributed by atoms with Crippen molar-refractivity contribution < 1.29 is 17.0 Å². The number of nitrogens with zero attached hydrogens (tertiary/aromatic N) is 1. The third-order valence-corrected chi connectivity index (χ3v) is 1.41. The van der Waals surface area contributed by atoms with Crippen LogP contribution in [0.4, 0.5) is 0 Å². The number of aryl methyl sites for hydroxylation is 1. The van der Waals surface area contributed by atoms with Crippen molar-refractivity contribution in [2.75, 3.05) is 0 Å². The van der Waals surface area contributed by atoms with Crippen LogP contribution < -0.4 is 17.0 Å². The van der Waals surface area contributed by atoms with E-state index in [4.69, 9.17) is 0 Å². The fourth-order valence-electron chi connectivity index (χ4n) is 0.869. The van der Waals surface area contributed by atoms with Crippen LogP contribution in [0, 0.1) is 6.92 Å². The topological polar surface area (TPSA) is 3.88 Å². The monoisotopic (exact) mass is 169 g/mol. The molecular formula is C9H12ClN. The lowest BCUT2D eigenvalue weighted by Crippen LogP contribution is -3.00. The number of rotatable bonds is 1. The molecule has 11 heavy (non-hydrogen) atoms. The normalized spacial score (nSPS) is 9.64. The van der Waals surface area contributed by atoms with Crippen molar-refractivity contribution in [3.05, 3.63) is 36.2 Å². The van der Waals surface area contributed by atoms with Crippen molar-refractivity contribution in [2.24, 2.45) is 0 Å². The predicted octanol–water partition coefficient (Wildman–Crippen LogP) is -1.22. The molecule has 1 aromatic heterocycles. The zero-order chi connectivity index (χ0) is 7.40. The molecule has 0 radical (unpaired) electrons. The largest absolute Gasteiger partial charge is 1.00 e. The molecule has 0 saturated carbocycles. The summed E-state index contributed by atoms with van der Waals surface area (Å²) in [5.41, 5.74) is 1.25. The first-order chi connectivity index (χ1) is 4.84. The molecule has 1 aromatic rings. The third kappa shape index (κ3) is 2.72. The van der Waals surface area contributed by atoms with Gasteiger partial charge in [-0.15, -0.1) is 0 Å². The molecule has 0 saturated heterocycles. The van der Waals surface area contributed by atoms with Gasteiger partial charge in [-0.3, -0.25) is 0 Å². The number of pyridine rings is 1. The van der Waals surface area contributed by atoms with Crippen LogP contribution >= 0.6 is 0 Å². The molecule has 0 bridgehead atoms. The highest BCUT2D eigenvalue weighted by atomic mass is 35.5. The van der Waals surface area contributed by atoms with Gasteiger partial charge in [-0.1, -0.05) is 6.07 Å². The highest BCUT2D eigenvalue weighted by Crippen LogP contribution is 1.86. The molecule has 0 amide bonds. The van der Waals surface area contributed by atoms with Gasteiger partial charge in [0, 0.05) is 19.1 Å². The maximum absolute atomic E-state index is 2.08. The zero-order valence-corrected chi connectivity index (χ0v) is 7.55. The van der Waals surface area contributed by atoms with Crippen LogP contribution in [-0.4, -0.2) is 0 Å². The minimum atomic E-state index is 0. The molecule has 0 aliphatic heterocycles. The van der Waals surface area contributed by atoms with Gasteiger partial charge in [0.1, 0.15) is 0 Å². The van der Waals surface area contributed by atoms with Gasteiger partial charge in [-0.2, -0.15) is 4.57 Å². The SMILES string of the molecule is CC=C[n+]1ccccc1C.[Cl-]. The van der Waals surface area contributed by atoms with E-state index in [1.54, 1.807) is 0 Å². The summed E-state index contributed by atoms with van der Waals surface area (Å²) in [5, 5.41) is 0. The summed E-state index contributed by atoms with van der Waals surface area (Å²) in [6, 6.07) is 6.14. The van der Waals surface area contributed by atoms with E-state index < -0.39 is 0 Å². The first-order valence-corrected chi connectivity index (χ1v) is 3.44. The Kier molecular flexibility index (Phi) is 4.55. The van der Waals surface area contributed by atoms with Crippen LogP contribution in [0.15, 0.2) is 30.5 Å². The fraction of sp³-hybridized carbons (Fsp3) is 0.222. The summed E-state index contributed by atoms with van der Waals surface area (Å²) in [6.45, 7) is 4.10. The average molecular weight is 170 g/mol. The number of hydrogen-bond acceptors (Lipinski definition) is 0. The van der Waals surface area contributed by atoms with Crippen LogP contribution in [0.5, 0.6) is 0 Å². The van der Waals surface area contributed by atoms with Crippen LogP contribution in [0.25, 0.3) is 6.20 Å². The summed E-state index contributed by atoms with van der Waals surface area (Å²) in [7, 11) is 0. The standard InChI is InChI=1S/C9H12N.ClH/c1-3-7-10-8-5-4-6-9(10)2;/h3-8H,1-2H3;1H/q+1;/p-1. The van der Waals surface area contributed by atoms with E-state index in [9.17, 15) is 0 Å². The molecule has 2 heteroatoms. The molecule has 0 spiro atoms. The Hall–Kier alpha value is -0.820. The molecular weight excluding hydrogens is 158 g/mol. The Morgan fingerprint density at radius 2 is 2.09 bits per heavy atom. The Bertz CT molecular complexity index is 243. The van der Waals surface area contributed by atoms with Crippen LogP contribution in [0.2, 0.25) is 0 Å². The molecule has 0 N–H and O–H groups in total. The molecule has 0 fully saturated rings. The number of halogens is 1. The summed E-state index contributed by atoms with van der Waals surface area (Å²) < 4.78 is 2.08. The zero-order valence-electron chi connectivity index (χ0n) is 6.79. The van der Waals surface area contributed by atoms with Crippen molar-refractivity contribution in [1.82, 2.24) is 0 Å². The minimum Gasteiger partial charge on any atom is -1.00 e. The van der Waals surface area contributed by atoms with E-state index in [-0.39, 0.29) is 12.4 Å². The van der Waals surface area contributed by atoms with Gasteiger partial charge in [0.25, 0.3) is 0 Å². The molecule has 0 aromatic carbocycles. The highest BCUT2D eigenvalue weighted by Gasteiger charge is 1.96. The lowest BCUT2D eigenvalue weighted by Gasteiger charge is -1.89. The van der Waals surface area contributed by atoms with Gasteiger partial charge < -0.3 is 12.4 Å². The van der Waals surface area contributed by atoms with Crippen molar-refractivity contribution >= 4 is 6.20 Å². The van der Waals surface area contributed by atoms with Crippen molar-refractivity contribution in [3.63, 3.8) is 0 Å². The second kappa shape index (κ2) is 4.91. The van der Waals surface area contributed by atoms with E-state index >= 15 is 0 Å². The van der Waals surface area contributed by atoms with E-state index in [2.05, 4.69) is 17.6 Å². The molecule has 0 aliphatic rings. The van der Waals surface area contributed by atoms with E-state index in [0.717, 1.165) is 0 Å². The second-order valence-corrected chi connectivity index (χ2v) is 2.23. The smallest absolute Gasteiger partial charge is 0.183 e. The molecule has 0 atom stereocenters. The van der Waals surface area contributed by atoms with E-state index in [1.165, 1.54) is 5.69 Å². The van der Waals surface area contributed by atoms with Crippen molar-refractivity contribution in [2.45, 2.75) is 13.8 Å². The molecule has 0 unspecified atom stereocenters. The van der Waals surface area contributed by atoms with Crippen molar-refractivity contribution in [3.8, 4) is 0 Å². The average Bonchev–Trinajstić information content (AvgIpc) is 1.94. The summed E-state index contributed by atoms with van der Waals surface area (Å²) in [4.78, 5) is 0. The van der Waals surface area contributed by atoms with E-state index in [1.807, 2.05) is 37.5 Å². The first-order valence-electron chi connectivity index (χ1n) is 3.44. The molecule has 1 rings (SSSR count). The highest BCUT2D eigenvalue weighted by molar-refractivity contribution is 5.07. The Labute approximate surface area is 73.8 Å². The van der Waals surface area contributed by atoms with Gasteiger partial charge >= 0.3 is 0 Å². The van der Waals surface area contributed by atoms with Gasteiger partial charge in [0.15, 0.2) is 18.1 Å². The molecule has 1 heterocycles. The van der Waals surface area contributed by atoms with Gasteiger partial charge in [0.2, 0.25) is 0 Å². The summed E-state index contributed by atoms with van der Waals surface area (Å²) >= 11 is 0. The van der Waals surface area contributed by atoms with Crippen LogP contribution in [-0.2, 0) is 0 Å². The molecule has 0 aliphatic carbocycles. The van der Waals surface area contributed by atoms with Gasteiger partial charge in [0.05, 0.1) is 0 Å². The minimum absolute atomic E-state index is 0. The van der Waals surface area contributed by atoms with Crippen LogP contribution in [0.1, 0.15) is 12.6 Å². The van der Waals surface area contributed by atoms with Crippen LogP contribution in [0.3, 0.4) is 0 Å². The Morgan fingerprint density at radius 1 is 1.36 bits per heavy atom. The third-order valence-electron chi connectivity index (χ3n) is 1.41. The molecule has 60 valence electrons. The lowest BCUT2D eigenvalue weighted by atomic mass is 10.4. The summed E-state index contributed by atoms with van der Waals surface area (Å²) in [5.74, 6) is 0. The number of aromatic nitrogens is 1. The Morgan fingerprint density at radius 3 is 2.64 bits per heavy atom. The summed E-state index contributed by atoms with van der Waals surface area (Å²) in [6.07, 6.45) is 6.09. The number of hydrogen-bond donors (Lipinski definition) is 0. The second-order valence-electron chi connectivity index (χ2n) is 2.23. The quantitative estimate of drug-likeness (QED) is 0.464. The fourth-order valence-corrected chi connectivity index (χ4v) is 0.869. The number of allylic oxidation sites excluding steroid dienone is 1.